The van der Waals surface area contributed by atoms with E-state index in [2.05, 4.69) is 32.2 Å². The fourth-order valence-electron chi connectivity index (χ4n) is 6.78. The van der Waals surface area contributed by atoms with Gasteiger partial charge in [0.1, 0.15) is 6.04 Å². The molecule has 4 aliphatic rings. The first-order chi connectivity index (χ1) is 20.9. The lowest BCUT2D eigenvalue weighted by Crippen LogP contribution is -2.58. The van der Waals surface area contributed by atoms with Crippen LogP contribution < -0.4 is 16.0 Å². The van der Waals surface area contributed by atoms with Crippen LogP contribution in [0.25, 0.3) is 10.9 Å². The summed E-state index contributed by atoms with van der Waals surface area (Å²) in [6, 6.07) is 3.33. The normalized spacial score (nSPS) is 22.3. The molecular weight excluding hydrogens is 544 g/mol. The number of aromatic nitrogens is 2. The summed E-state index contributed by atoms with van der Waals surface area (Å²) in [5.74, 6) is -0.0170. The van der Waals surface area contributed by atoms with Gasteiger partial charge >= 0.3 is 12.1 Å². The number of nitrogens with one attached hydrogen (secondary N) is 4. The van der Waals surface area contributed by atoms with Gasteiger partial charge in [-0.15, -0.1) is 0 Å². The molecule has 1 aromatic heterocycles. The molecular formula is C32H46N8O3. The highest BCUT2D eigenvalue weighted by atomic mass is 16.2. The molecule has 1 atom stereocenters. The van der Waals surface area contributed by atoms with Crippen molar-refractivity contribution in [2.75, 3.05) is 32.7 Å². The Balaban J connectivity index is 0.00000180. The number of urea groups is 2. The lowest BCUT2D eigenvalue weighted by atomic mass is 9.98. The number of aromatic amines is 1. The van der Waals surface area contributed by atoms with E-state index in [1.54, 1.807) is 4.90 Å². The van der Waals surface area contributed by atoms with Crippen LogP contribution in [0.5, 0.6) is 0 Å². The fourth-order valence-corrected chi connectivity index (χ4v) is 6.78. The predicted molar refractivity (Wildman–Crippen MR) is 167 cm³/mol. The lowest BCUT2D eigenvalue weighted by Gasteiger charge is -2.41. The molecule has 2 fully saturated rings. The Bertz CT molecular complexity index is 1380. The van der Waals surface area contributed by atoms with Gasteiger partial charge < -0.3 is 30.7 Å². The van der Waals surface area contributed by atoms with E-state index in [1.165, 1.54) is 0 Å². The van der Waals surface area contributed by atoms with Crippen LogP contribution in [0, 0.1) is 0 Å². The van der Waals surface area contributed by atoms with Gasteiger partial charge in [0.05, 0.1) is 11.7 Å². The molecule has 0 aliphatic carbocycles. The number of fused-ring (bicyclic) bond motifs is 3. The molecule has 0 spiro atoms. The number of hydrogen-bond acceptors (Lipinski definition) is 5. The summed E-state index contributed by atoms with van der Waals surface area (Å²) < 4.78 is 0. The molecule has 2 saturated heterocycles. The topological polar surface area (TPSA) is 126 Å². The first-order valence-electron chi connectivity index (χ1n) is 15.8. The smallest absolute Gasteiger partial charge is 0.322 e. The highest BCUT2D eigenvalue weighted by Crippen LogP contribution is 2.30. The first-order valence-corrected chi connectivity index (χ1v) is 15.8. The Hall–Kier alpha value is -3.86. The minimum absolute atomic E-state index is 0.0170. The third-order valence-corrected chi connectivity index (χ3v) is 9.15. The Morgan fingerprint density at radius 1 is 1.02 bits per heavy atom. The SMILES string of the molecule is C/C=C\C1=C(C)NC(=O)N(C2CCN(C(=O)N[C@@H]3Cc4ccc5[nH]ncc5c4CN(C4CCNCC4)C3=O)CC2)C1.CC. The Kier molecular flexibility index (Phi) is 9.69. The Labute approximate surface area is 254 Å². The third kappa shape index (κ3) is 6.41. The molecule has 4 N–H and O–H groups in total. The predicted octanol–water partition coefficient (Wildman–Crippen LogP) is 3.64. The number of allylic oxidation sites excluding steroid dienone is 2. The summed E-state index contributed by atoms with van der Waals surface area (Å²) >= 11 is 0. The maximum atomic E-state index is 14.0. The molecule has 1 aromatic carbocycles. The van der Waals surface area contributed by atoms with Crippen LogP contribution in [0.2, 0.25) is 0 Å². The summed E-state index contributed by atoms with van der Waals surface area (Å²) in [7, 11) is 0. The molecule has 232 valence electrons. The molecule has 0 bridgehead atoms. The van der Waals surface area contributed by atoms with E-state index in [0.717, 1.165) is 59.2 Å². The maximum absolute atomic E-state index is 14.0. The van der Waals surface area contributed by atoms with Crippen molar-refractivity contribution < 1.29 is 14.4 Å². The van der Waals surface area contributed by atoms with Crippen molar-refractivity contribution in [2.24, 2.45) is 0 Å². The van der Waals surface area contributed by atoms with Crippen molar-refractivity contribution in [1.29, 1.82) is 0 Å². The zero-order chi connectivity index (χ0) is 30.5. The standard InChI is InChI=1S/C30H40N8O3.C2H6/c1-3-4-21-17-38(30(41)33-19(21)2)23-9-13-36(14-10-23)29(40)34-27-15-20-5-6-26-24(16-32-35-26)25(20)18-37(28(27)39)22-7-11-31-12-8-22;1-2/h3-6,16,22-23,27,31H,7-15,17-18H2,1-2H3,(H,32,35)(H,33,41)(H,34,40);1-2H3/b4-3-;/t27-;/m1./s1. The van der Waals surface area contributed by atoms with Gasteiger partial charge in [0.2, 0.25) is 5.91 Å². The minimum Gasteiger partial charge on any atom is -0.333 e. The number of H-pyrrole nitrogens is 1. The molecule has 11 heteroatoms. The van der Waals surface area contributed by atoms with Gasteiger partial charge in [0.25, 0.3) is 0 Å². The Morgan fingerprint density at radius 2 is 1.74 bits per heavy atom. The van der Waals surface area contributed by atoms with Crippen LogP contribution in [0.1, 0.15) is 64.5 Å². The molecule has 5 heterocycles. The van der Waals surface area contributed by atoms with E-state index in [9.17, 15) is 14.4 Å². The van der Waals surface area contributed by atoms with E-state index in [1.807, 2.05) is 61.9 Å². The van der Waals surface area contributed by atoms with E-state index in [-0.39, 0.29) is 30.1 Å². The number of carbonyl (C=O) groups excluding carboxylic acids is 3. The van der Waals surface area contributed by atoms with Crippen LogP contribution in [-0.4, -0.2) is 93.7 Å². The van der Waals surface area contributed by atoms with Gasteiger partial charge in [-0.1, -0.05) is 32.1 Å². The monoisotopic (exact) mass is 590 g/mol. The van der Waals surface area contributed by atoms with Crippen molar-refractivity contribution in [1.82, 2.24) is 40.8 Å². The number of carbonyl (C=O) groups is 3. The highest BCUT2D eigenvalue weighted by Gasteiger charge is 2.38. The second kappa shape index (κ2) is 13.6. The maximum Gasteiger partial charge on any atom is 0.322 e. The van der Waals surface area contributed by atoms with E-state index >= 15 is 0 Å². The van der Waals surface area contributed by atoms with Crippen LogP contribution in [0.3, 0.4) is 0 Å². The Morgan fingerprint density at radius 3 is 2.47 bits per heavy atom. The minimum atomic E-state index is -0.634. The molecule has 4 aliphatic heterocycles. The van der Waals surface area contributed by atoms with Crippen molar-refractivity contribution in [3.63, 3.8) is 0 Å². The summed E-state index contributed by atoms with van der Waals surface area (Å²) in [4.78, 5) is 45.9. The van der Waals surface area contributed by atoms with Crippen LogP contribution in [0.4, 0.5) is 9.59 Å². The van der Waals surface area contributed by atoms with Gasteiger partial charge in [0, 0.05) is 55.8 Å². The number of amides is 5. The van der Waals surface area contributed by atoms with Crippen molar-refractivity contribution in [3.05, 3.63) is 52.9 Å². The van der Waals surface area contributed by atoms with Crippen LogP contribution in [0.15, 0.2) is 41.8 Å². The average Bonchev–Trinajstić information content (AvgIpc) is 3.47. The van der Waals surface area contributed by atoms with Crippen LogP contribution >= 0.6 is 0 Å². The van der Waals surface area contributed by atoms with E-state index in [0.29, 0.717) is 45.4 Å². The molecule has 2 aromatic rings. The van der Waals surface area contributed by atoms with Gasteiger partial charge in [-0.25, -0.2) is 9.59 Å². The zero-order valence-corrected chi connectivity index (χ0v) is 25.9. The molecule has 43 heavy (non-hydrogen) atoms. The summed E-state index contributed by atoms with van der Waals surface area (Å²) in [6.07, 6.45) is 9.50. The number of nitrogens with zero attached hydrogens (tertiary/aromatic N) is 4. The second-order valence-electron chi connectivity index (χ2n) is 11.6. The van der Waals surface area contributed by atoms with Gasteiger partial charge in [-0.3, -0.25) is 9.89 Å². The number of benzene rings is 1. The van der Waals surface area contributed by atoms with Crippen LogP contribution in [-0.2, 0) is 17.8 Å². The summed E-state index contributed by atoms with van der Waals surface area (Å²) in [5, 5.41) is 17.8. The molecule has 5 amide bonds. The molecule has 0 unspecified atom stereocenters. The quantitative estimate of drug-likeness (QED) is 0.433. The summed E-state index contributed by atoms with van der Waals surface area (Å²) in [5.41, 5.74) is 5.14. The average molecular weight is 591 g/mol. The number of hydrogen-bond donors (Lipinski definition) is 4. The second-order valence-corrected chi connectivity index (χ2v) is 11.6. The number of likely N-dealkylation sites (tertiary alicyclic amines) is 1. The van der Waals surface area contributed by atoms with E-state index in [4.69, 9.17) is 0 Å². The molecule has 0 radical (unpaired) electrons. The van der Waals surface area contributed by atoms with E-state index < -0.39 is 6.04 Å². The summed E-state index contributed by atoms with van der Waals surface area (Å²) in [6.45, 7) is 11.8. The third-order valence-electron chi connectivity index (χ3n) is 9.15. The van der Waals surface area contributed by atoms with Gasteiger partial charge in [0.15, 0.2) is 0 Å². The lowest BCUT2D eigenvalue weighted by molar-refractivity contribution is -0.136. The van der Waals surface area contributed by atoms with Gasteiger partial charge in [-0.05, 0) is 75.4 Å². The fraction of sp³-hybridized carbons (Fsp3) is 0.562. The van der Waals surface area contributed by atoms with Crippen molar-refractivity contribution in [2.45, 2.75) is 84.5 Å². The van der Waals surface area contributed by atoms with Crippen molar-refractivity contribution in [3.8, 4) is 0 Å². The number of rotatable bonds is 4. The zero-order valence-electron chi connectivity index (χ0n) is 25.9. The largest absolute Gasteiger partial charge is 0.333 e. The first kappa shape index (κ1) is 30.6. The molecule has 11 nitrogen and oxygen atoms in total. The van der Waals surface area contributed by atoms with Gasteiger partial charge in [-0.2, -0.15) is 5.10 Å². The number of piperidine rings is 2. The molecule has 6 rings (SSSR count). The highest BCUT2D eigenvalue weighted by molar-refractivity contribution is 5.90. The van der Waals surface area contributed by atoms with Crippen molar-refractivity contribution >= 4 is 28.9 Å². The molecule has 0 saturated carbocycles.